The van der Waals surface area contributed by atoms with Gasteiger partial charge in [0.1, 0.15) is 11.9 Å². The molecule has 0 bridgehead atoms. The number of piperidine rings is 1. The van der Waals surface area contributed by atoms with Crippen LogP contribution in [0.1, 0.15) is 18.4 Å². The van der Waals surface area contributed by atoms with Gasteiger partial charge in [0.05, 0.1) is 5.02 Å². The molecule has 0 atom stereocenters. The maximum Gasteiger partial charge on any atom is 0.138 e. The lowest BCUT2D eigenvalue weighted by Crippen LogP contribution is -2.38. The molecular formula is C17H19ClN2O. The van der Waals surface area contributed by atoms with Gasteiger partial charge in [-0.25, -0.2) is 0 Å². The van der Waals surface area contributed by atoms with Gasteiger partial charge >= 0.3 is 0 Å². The van der Waals surface area contributed by atoms with Crippen LogP contribution in [-0.2, 0) is 0 Å². The van der Waals surface area contributed by atoms with Crippen molar-refractivity contribution in [3.05, 3.63) is 53.3 Å². The summed E-state index contributed by atoms with van der Waals surface area (Å²) < 4.78 is 6.03. The number of aromatic nitrogens is 1. The number of pyridine rings is 1. The SMILES string of the molecule is Cc1cnccc1N1CCC(Oc2ccccc2Cl)CC1. The van der Waals surface area contributed by atoms with E-state index < -0.39 is 0 Å². The minimum Gasteiger partial charge on any atom is -0.489 e. The van der Waals surface area contributed by atoms with Crippen molar-refractivity contribution in [2.75, 3.05) is 18.0 Å². The first-order valence-electron chi connectivity index (χ1n) is 7.31. The van der Waals surface area contributed by atoms with Gasteiger partial charge in [-0.3, -0.25) is 4.98 Å². The summed E-state index contributed by atoms with van der Waals surface area (Å²) in [6.07, 6.45) is 6.03. The predicted molar refractivity (Wildman–Crippen MR) is 86.3 cm³/mol. The Labute approximate surface area is 130 Å². The van der Waals surface area contributed by atoms with Gasteiger partial charge < -0.3 is 9.64 Å². The average molecular weight is 303 g/mol. The Hall–Kier alpha value is -1.74. The molecule has 1 aliphatic rings. The summed E-state index contributed by atoms with van der Waals surface area (Å²) >= 11 is 6.15. The quantitative estimate of drug-likeness (QED) is 0.854. The monoisotopic (exact) mass is 302 g/mol. The van der Waals surface area contributed by atoms with E-state index in [-0.39, 0.29) is 6.10 Å². The summed E-state index contributed by atoms with van der Waals surface area (Å²) in [5.74, 6) is 0.790. The third kappa shape index (κ3) is 3.30. The van der Waals surface area contributed by atoms with E-state index in [0.717, 1.165) is 31.7 Å². The molecule has 1 saturated heterocycles. The molecule has 0 aliphatic carbocycles. The summed E-state index contributed by atoms with van der Waals surface area (Å²) in [5.41, 5.74) is 2.50. The lowest BCUT2D eigenvalue weighted by atomic mass is 10.1. The van der Waals surface area contributed by atoms with E-state index in [1.165, 1.54) is 11.3 Å². The van der Waals surface area contributed by atoms with Crippen LogP contribution < -0.4 is 9.64 Å². The van der Waals surface area contributed by atoms with Crippen LogP contribution in [0.5, 0.6) is 5.75 Å². The molecule has 3 rings (SSSR count). The number of ether oxygens (including phenoxy) is 1. The highest BCUT2D eigenvalue weighted by Gasteiger charge is 2.22. The summed E-state index contributed by atoms with van der Waals surface area (Å²) in [6, 6.07) is 9.76. The van der Waals surface area contributed by atoms with Crippen LogP contribution in [0, 0.1) is 6.92 Å². The molecule has 2 heterocycles. The molecule has 1 fully saturated rings. The van der Waals surface area contributed by atoms with Crippen molar-refractivity contribution in [1.82, 2.24) is 4.98 Å². The zero-order valence-corrected chi connectivity index (χ0v) is 12.9. The second-order valence-electron chi connectivity index (χ2n) is 5.40. The number of benzene rings is 1. The van der Waals surface area contributed by atoms with Crippen LogP contribution in [0.4, 0.5) is 5.69 Å². The number of nitrogens with zero attached hydrogens (tertiary/aromatic N) is 2. The molecule has 3 nitrogen and oxygen atoms in total. The van der Waals surface area contributed by atoms with E-state index in [0.29, 0.717) is 5.02 Å². The normalized spacial score (nSPS) is 16.0. The molecular weight excluding hydrogens is 284 g/mol. The fourth-order valence-electron chi connectivity index (χ4n) is 2.76. The number of rotatable bonds is 3. The van der Waals surface area contributed by atoms with Crippen LogP contribution >= 0.6 is 11.6 Å². The highest BCUT2D eigenvalue weighted by molar-refractivity contribution is 6.32. The zero-order chi connectivity index (χ0) is 14.7. The summed E-state index contributed by atoms with van der Waals surface area (Å²) in [5, 5.41) is 0.685. The lowest BCUT2D eigenvalue weighted by molar-refractivity contribution is 0.171. The number of hydrogen-bond acceptors (Lipinski definition) is 3. The Morgan fingerprint density at radius 2 is 1.95 bits per heavy atom. The van der Waals surface area contributed by atoms with Crippen molar-refractivity contribution in [1.29, 1.82) is 0 Å². The third-order valence-corrected chi connectivity index (χ3v) is 4.22. The van der Waals surface area contributed by atoms with E-state index in [1.54, 1.807) is 0 Å². The molecule has 1 aromatic carbocycles. The Kier molecular flexibility index (Phi) is 4.30. The van der Waals surface area contributed by atoms with Crippen LogP contribution in [-0.4, -0.2) is 24.2 Å². The minimum atomic E-state index is 0.239. The largest absolute Gasteiger partial charge is 0.489 e. The molecule has 0 radical (unpaired) electrons. The zero-order valence-electron chi connectivity index (χ0n) is 12.1. The Morgan fingerprint density at radius 1 is 1.19 bits per heavy atom. The fourth-order valence-corrected chi connectivity index (χ4v) is 2.94. The molecule has 110 valence electrons. The van der Waals surface area contributed by atoms with Gasteiger partial charge in [-0.1, -0.05) is 23.7 Å². The van der Waals surface area contributed by atoms with Crippen molar-refractivity contribution < 1.29 is 4.74 Å². The summed E-state index contributed by atoms with van der Waals surface area (Å²) in [6.45, 7) is 4.11. The van der Waals surface area contributed by atoms with Gasteiger partial charge in [-0.05, 0) is 30.7 Å². The molecule has 2 aromatic rings. The second-order valence-corrected chi connectivity index (χ2v) is 5.80. The molecule has 1 aromatic heterocycles. The average Bonchev–Trinajstić information content (AvgIpc) is 2.51. The van der Waals surface area contributed by atoms with Crippen molar-refractivity contribution in [2.45, 2.75) is 25.9 Å². The van der Waals surface area contributed by atoms with E-state index in [2.05, 4.69) is 22.9 Å². The Morgan fingerprint density at radius 3 is 2.67 bits per heavy atom. The maximum atomic E-state index is 6.15. The molecule has 4 heteroatoms. The van der Waals surface area contributed by atoms with Crippen molar-refractivity contribution in [2.24, 2.45) is 0 Å². The number of hydrogen-bond donors (Lipinski definition) is 0. The summed E-state index contributed by atoms with van der Waals surface area (Å²) in [7, 11) is 0. The first-order chi connectivity index (χ1) is 10.2. The third-order valence-electron chi connectivity index (χ3n) is 3.90. The van der Waals surface area contributed by atoms with E-state index in [4.69, 9.17) is 16.3 Å². The van der Waals surface area contributed by atoms with E-state index >= 15 is 0 Å². The van der Waals surface area contributed by atoms with Crippen LogP contribution in [0.2, 0.25) is 5.02 Å². The molecule has 0 spiro atoms. The highest BCUT2D eigenvalue weighted by Crippen LogP contribution is 2.28. The smallest absolute Gasteiger partial charge is 0.138 e. The van der Waals surface area contributed by atoms with E-state index in [9.17, 15) is 0 Å². The summed E-state index contributed by atoms with van der Waals surface area (Å²) in [4.78, 5) is 6.56. The standard InChI is InChI=1S/C17H19ClN2O/c1-13-12-19-9-6-16(13)20-10-7-14(8-11-20)21-17-5-3-2-4-15(17)18/h2-6,9,12,14H,7-8,10-11H2,1H3. The lowest BCUT2D eigenvalue weighted by Gasteiger charge is -2.34. The number of anilines is 1. The van der Waals surface area contributed by atoms with Gasteiger partial charge in [0.2, 0.25) is 0 Å². The predicted octanol–water partition coefficient (Wildman–Crippen LogP) is 4.09. The van der Waals surface area contributed by atoms with Gasteiger partial charge in [0, 0.05) is 44.0 Å². The number of halogens is 1. The van der Waals surface area contributed by atoms with Gasteiger partial charge in [-0.15, -0.1) is 0 Å². The first-order valence-corrected chi connectivity index (χ1v) is 7.68. The van der Waals surface area contributed by atoms with Gasteiger partial charge in [-0.2, -0.15) is 0 Å². The van der Waals surface area contributed by atoms with Crippen molar-refractivity contribution in [3.8, 4) is 5.75 Å². The molecule has 0 saturated carbocycles. The highest BCUT2D eigenvalue weighted by atomic mass is 35.5. The van der Waals surface area contributed by atoms with Crippen LogP contribution in [0.3, 0.4) is 0 Å². The number of aryl methyl sites for hydroxylation is 1. The fraction of sp³-hybridized carbons (Fsp3) is 0.353. The van der Waals surface area contributed by atoms with Crippen LogP contribution in [0.15, 0.2) is 42.7 Å². The molecule has 0 amide bonds. The van der Waals surface area contributed by atoms with Crippen LogP contribution in [0.25, 0.3) is 0 Å². The Balaban J connectivity index is 1.61. The maximum absolute atomic E-state index is 6.15. The van der Waals surface area contributed by atoms with Gasteiger partial charge in [0.25, 0.3) is 0 Å². The topological polar surface area (TPSA) is 25.4 Å². The van der Waals surface area contributed by atoms with Gasteiger partial charge in [0.15, 0.2) is 0 Å². The molecule has 21 heavy (non-hydrogen) atoms. The van der Waals surface area contributed by atoms with E-state index in [1.807, 2.05) is 36.7 Å². The van der Waals surface area contributed by atoms with Crippen molar-refractivity contribution >= 4 is 17.3 Å². The van der Waals surface area contributed by atoms with Crippen molar-refractivity contribution in [3.63, 3.8) is 0 Å². The number of para-hydroxylation sites is 1. The minimum absolute atomic E-state index is 0.239. The first kappa shape index (κ1) is 14.2. The Bertz CT molecular complexity index is 609. The molecule has 1 aliphatic heterocycles. The molecule has 0 unspecified atom stereocenters. The molecule has 0 N–H and O–H groups in total. The second kappa shape index (κ2) is 6.35.